The number of nitro benzene ring substituents is 1. The molecule has 0 atom stereocenters. The van der Waals surface area contributed by atoms with Gasteiger partial charge in [0.15, 0.2) is 0 Å². The highest BCUT2D eigenvalue weighted by Crippen LogP contribution is 2.35. The van der Waals surface area contributed by atoms with Gasteiger partial charge in [-0.05, 0) is 30.3 Å². The lowest BCUT2D eigenvalue weighted by Crippen LogP contribution is -2.21. The third-order valence-electron chi connectivity index (χ3n) is 2.95. The Hall–Kier alpha value is -3.63. The molecule has 0 radical (unpaired) electrons. The maximum Gasteiger partial charge on any atom is 0.416 e. The van der Waals surface area contributed by atoms with E-state index in [-0.39, 0.29) is 23.0 Å². The molecule has 0 aliphatic heterocycles. The Kier molecular flexibility index (Phi) is 5.40. The maximum atomic E-state index is 12.7. The van der Waals surface area contributed by atoms with Crippen LogP contribution in [0.25, 0.3) is 0 Å². The molecule has 0 aliphatic carbocycles. The van der Waals surface area contributed by atoms with E-state index in [9.17, 15) is 23.3 Å². The van der Waals surface area contributed by atoms with Crippen molar-refractivity contribution in [3.05, 3.63) is 63.7 Å². The van der Waals surface area contributed by atoms with Crippen LogP contribution in [0.3, 0.4) is 0 Å². The number of hydrogen-bond acceptors (Lipinski definition) is 5. The van der Waals surface area contributed by atoms with Crippen LogP contribution in [0.2, 0.25) is 0 Å². The molecule has 0 fully saturated rings. The number of nitro groups is 1. The molecule has 2 aromatic carbocycles. The van der Waals surface area contributed by atoms with Gasteiger partial charge < -0.3 is 16.2 Å². The molecule has 26 heavy (non-hydrogen) atoms. The van der Waals surface area contributed by atoms with Crippen molar-refractivity contribution in [2.45, 2.75) is 6.18 Å². The van der Waals surface area contributed by atoms with Gasteiger partial charge in [-0.25, -0.2) is 0 Å². The van der Waals surface area contributed by atoms with E-state index in [1.807, 2.05) is 0 Å². The average molecular weight is 367 g/mol. The van der Waals surface area contributed by atoms with E-state index in [2.05, 4.69) is 10.2 Å². The molecule has 2 aromatic rings. The van der Waals surface area contributed by atoms with Crippen molar-refractivity contribution in [3.63, 3.8) is 0 Å². The largest absolute Gasteiger partial charge is 0.450 e. The van der Waals surface area contributed by atoms with Crippen LogP contribution >= 0.6 is 0 Å². The van der Waals surface area contributed by atoms with Crippen LogP contribution < -0.4 is 16.2 Å². The van der Waals surface area contributed by atoms with Gasteiger partial charge in [-0.1, -0.05) is 6.07 Å². The predicted octanol–water partition coefficient (Wildman–Crippen LogP) is 3.01. The summed E-state index contributed by atoms with van der Waals surface area (Å²) in [5, 5.41) is 18.1. The number of nitrogens with zero attached hydrogens (tertiary/aromatic N) is 3. The summed E-state index contributed by atoms with van der Waals surface area (Å²) in [7, 11) is 0. The SMILES string of the molecule is NC(N)=NN=Cc1ccc(Oc2cccc(C(F)(F)F)c2)c([N+](=O)[O-])c1. The molecule has 0 bridgehead atoms. The lowest BCUT2D eigenvalue weighted by atomic mass is 10.2. The lowest BCUT2D eigenvalue weighted by molar-refractivity contribution is -0.385. The van der Waals surface area contributed by atoms with Gasteiger partial charge in [0.25, 0.3) is 0 Å². The smallest absolute Gasteiger partial charge is 0.416 e. The van der Waals surface area contributed by atoms with Crippen molar-refractivity contribution in [1.29, 1.82) is 0 Å². The average Bonchev–Trinajstić information content (AvgIpc) is 2.55. The fourth-order valence-corrected chi connectivity index (χ4v) is 1.87. The Balaban J connectivity index is 2.34. The molecule has 8 nitrogen and oxygen atoms in total. The van der Waals surface area contributed by atoms with Crippen molar-refractivity contribution in [2.24, 2.45) is 21.7 Å². The minimum Gasteiger partial charge on any atom is -0.450 e. The molecule has 136 valence electrons. The molecule has 0 unspecified atom stereocenters. The van der Waals surface area contributed by atoms with Crippen LogP contribution in [0.4, 0.5) is 18.9 Å². The number of halogens is 3. The van der Waals surface area contributed by atoms with E-state index in [1.165, 1.54) is 24.4 Å². The van der Waals surface area contributed by atoms with Gasteiger partial charge in [-0.3, -0.25) is 10.1 Å². The lowest BCUT2D eigenvalue weighted by Gasteiger charge is -2.10. The summed E-state index contributed by atoms with van der Waals surface area (Å²) in [5.41, 5.74) is 9.08. The van der Waals surface area contributed by atoms with Crippen LogP contribution in [0.5, 0.6) is 11.5 Å². The van der Waals surface area contributed by atoms with Crippen LogP contribution in [0, 0.1) is 10.1 Å². The number of nitrogens with two attached hydrogens (primary N) is 2. The molecule has 0 aromatic heterocycles. The molecular weight excluding hydrogens is 355 g/mol. The first kappa shape index (κ1) is 18.7. The highest BCUT2D eigenvalue weighted by molar-refractivity contribution is 5.83. The number of alkyl halides is 3. The molecule has 0 aliphatic rings. The second-order valence-electron chi connectivity index (χ2n) is 4.88. The fourth-order valence-electron chi connectivity index (χ4n) is 1.87. The number of guanidine groups is 1. The monoisotopic (exact) mass is 367 g/mol. The van der Waals surface area contributed by atoms with E-state index >= 15 is 0 Å². The number of benzene rings is 2. The van der Waals surface area contributed by atoms with Crippen molar-refractivity contribution in [1.82, 2.24) is 0 Å². The van der Waals surface area contributed by atoms with E-state index in [4.69, 9.17) is 16.2 Å². The van der Waals surface area contributed by atoms with E-state index in [0.29, 0.717) is 0 Å². The van der Waals surface area contributed by atoms with Gasteiger partial charge >= 0.3 is 11.9 Å². The van der Waals surface area contributed by atoms with Gasteiger partial charge in [0.2, 0.25) is 11.7 Å². The molecule has 0 spiro atoms. The topological polar surface area (TPSA) is 129 Å². The summed E-state index contributed by atoms with van der Waals surface area (Å²) >= 11 is 0. The summed E-state index contributed by atoms with van der Waals surface area (Å²) in [6, 6.07) is 7.77. The Morgan fingerprint density at radius 2 is 1.92 bits per heavy atom. The van der Waals surface area contributed by atoms with Crippen molar-refractivity contribution < 1.29 is 22.8 Å². The van der Waals surface area contributed by atoms with Gasteiger partial charge in [0.1, 0.15) is 5.75 Å². The highest BCUT2D eigenvalue weighted by Gasteiger charge is 2.30. The molecule has 11 heteroatoms. The molecule has 0 amide bonds. The zero-order chi connectivity index (χ0) is 19.3. The second kappa shape index (κ2) is 7.51. The van der Waals surface area contributed by atoms with Gasteiger partial charge in [0, 0.05) is 11.6 Å². The summed E-state index contributed by atoms with van der Waals surface area (Å²) in [6.45, 7) is 0. The van der Waals surface area contributed by atoms with Gasteiger partial charge in [-0.2, -0.15) is 18.3 Å². The molecular formula is C15H12F3N5O3. The second-order valence-corrected chi connectivity index (χ2v) is 4.88. The Morgan fingerprint density at radius 1 is 1.19 bits per heavy atom. The fraction of sp³-hybridized carbons (Fsp3) is 0.0667. The van der Waals surface area contributed by atoms with Crippen molar-refractivity contribution >= 4 is 17.9 Å². The Morgan fingerprint density at radius 3 is 2.54 bits per heavy atom. The summed E-state index contributed by atoms with van der Waals surface area (Å²) < 4.78 is 43.5. The van der Waals surface area contributed by atoms with Crippen LogP contribution in [0.1, 0.15) is 11.1 Å². The quantitative estimate of drug-likeness (QED) is 0.363. The number of hydrogen-bond donors (Lipinski definition) is 2. The molecule has 0 saturated carbocycles. The van der Waals surface area contributed by atoms with Crippen molar-refractivity contribution in [2.75, 3.05) is 0 Å². The zero-order valence-corrected chi connectivity index (χ0v) is 13.0. The minimum atomic E-state index is -4.56. The van der Waals surface area contributed by atoms with E-state index in [0.717, 1.165) is 24.3 Å². The number of rotatable bonds is 5. The molecule has 4 N–H and O–H groups in total. The number of ether oxygens (including phenoxy) is 1. The van der Waals surface area contributed by atoms with Gasteiger partial charge in [-0.15, -0.1) is 5.10 Å². The highest BCUT2D eigenvalue weighted by atomic mass is 19.4. The maximum absolute atomic E-state index is 12.7. The summed E-state index contributed by atoms with van der Waals surface area (Å²) in [5.74, 6) is -0.710. The molecule has 0 saturated heterocycles. The summed E-state index contributed by atoms with van der Waals surface area (Å²) in [6.07, 6.45) is -3.39. The predicted molar refractivity (Wildman–Crippen MR) is 88.0 cm³/mol. The minimum absolute atomic E-state index is 0.190. The zero-order valence-electron chi connectivity index (χ0n) is 13.0. The third kappa shape index (κ3) is 4.93. The molecule has 2 rings (SSSR count). The summed E-state index contributed by atoms with van der Waals surface area (Å²) in [4.78, 5) is 10.5. The van der Waals surface area contributed by atoms with Crippen LogP contribution in [0.15, 0.2) is 52.7 Å². The Bertz CT molecular complexity index is 877. The first-order valence-electron chi connectivity index (χ1n) is 6.92. The standard InChI is InChI=1S/C15H12F3N5O3/c16-15(17,18)10-2-1-3-11(7-10)26-13-5-4-9(6-12(13)23(24)25)8-21-22-14(19)20/h1-8H,(H4,19,20,22). The molecule has 0 heterocycles. The van der Waals surface area contributed by atoms with E-state index < -0.39 is 22.4 Å². The van der Waals surface area contributed by atoms with E-state index in [1.54, 1.807) is 0 Å². The first-order chi connectivity index (χ1) is 12.2. The Labute approximate surface area is 144 Å². The van der Waals surface area contributed by atoms with Crippen LogP contribution in [-0.2, 0) is 6.18 Å². The normalized spacial score (nSPS) is 11.3. The third-order valence-corrected chi connectivity index (χ3v) is 2.95. The van der Waals surface area contributed by atoms with Gasteiger partial charge in [0.05, 0.1) is 16.7 Å². The van der Waals surface area contributed by atoms with Crippen molar-refractivity contribution in [3.8, 4) is 11.5 Å². The first-order valence-corrected chi connectivity index (χ1v) is 6.92. The van der Waals surface area contributed by atoms with Crippen LogP contribution in [-0.4, -0.2) is 17.1 Å².